The van der Waals surface area contributed by atoms with Crippen LogP contribution in [0.3, 0.4) is 0 Å². The van der Waals surface area contributed by atoms with Gasteiger partial charge >= 0.3 is 5.97 Å². The van der Waals surface area contributed by atoms with E-state index in [1.54, 1.807) is 4.90 Å². The number of hydrogen-bond donors (Lipinski definition) is 0. The third-order valence-electron chi connectivity index (χ3n) is 3.09. The highest BCUT2D eigenvalue weighted by Crippen LogP contribution is 2.21. The lowest BCUT2D eigenvalue weighted by atomic mass is 10.2. The fourth-order valence-electron chi connectivity index (χ4n) is 2.07. The predicted molar refractivity (Wildman–Crippen MR) is 83.3 cm³/mol. The van der Waals surface area contributed by atoms with E-state index in [2.05, 4.69) is 4.98 Å². The summed E-state index contributed by atoms with van der Waals surface area (Å²) in [6.45, 7) is 7.14. The standard InChI is InChI=1S/C14H23N3O3S/c1-6-17(11(3)18)14-15-12(9-21-14)8-16(4)7-10(2)13(19)20-5/h9-10H,6-8H2,1-5H3/t10-/m0/s1. The van der Waals surface area contributed by atoms with E-state index in [0.29, 0.717) is 19.6 Å². The predicted octanol–water partition coefficient (Wildman–Crippen LogP) is 1.76. The van der Waals surface area contributed by atoms with Gasteiger partial charge in [-0.25, -0.2) is 4.98 Å². The number of thiazole rings is 1. The Balaban J connectivity index is 2.62. The lowest BCUT2D eigenvalue weighted by Gasteiger charge is -2.19. The quantitative estimate of drug-likeness (QED) is 0.718. The number of carbonyl (C=O) groups is 2. The van der Waals surface area contributed by atoms with Crippen LogP contribution in [0.2, 0.25) is 0 Å². The van der Waals surface area contributed by atoms with Crippen molar-refractivity contribution < 1.29 is 14.3 Å². The number of hydrogen-bond acceptors (Lipinski definition) is 6. The molecule has 0 unspecified atom stereocenters. The van der Waals surface area contributed by atoms with Gasteiger partial charge in [-0.15, -0.1) is 11.3 Å². The van der Waals surface area contributed by atoms with E-state index in [4.69, 9.17) is 4.74 Å². The summed E-state index contributed by atoms with van der Waals surface area (Å²) < 4.78 is 4.72. The summed E-state index contributed by atoms with van der Waals surface area (Å²) in [7, 11) is 3.33. The van der Waals surface area contributed by atoms with Crippen LogP contribution in [-0.4, -0.2) is 49.0 Å². The molecular formula is C14H23N3O3S. The van der Waals surface area contributed by atoms with E-state index < -0.39 is 0 Å². The first-order chi connectivity index (χ1) is 9.88. The van der Waals surface area contributed by atoms with Crippen molar-refractivity contribution in [1.82, 2.24) is 9.88 Å². The van der Waals surface area contributed by atoms with Crippen LogP contribution in [0.1, 0.15) is 26.5 Å². The number of methoxy groups -OCH3 is 1. The molecule has 1 atom stereocenters. The van der Waals surface area contributed by atoms with Crippen LogP contribution in [0.5, 0.6) is 0 Å². The molecule has 1 amide bonds. The number of rotatable bonds is 7. The number of aromatic nitrogens is 1. The molecule has 1 aromatic rings. The van der Waals surface area contributed by atoms with Gasteiger partial charge in [0.05, 0.1) is 18.7 Å². The molecule has 1 rings (SSSR count). The van der Waals surface area contributed by atoms with Gasteiger partial charge < -0.3 is 4.74 Å². The van der Waals surface area contributed by atoms with Crippen molar-refractivity contribution in [2.75, 3.05) is 32.1 Å². The highest BCUT2D eigenvalue weighted by atomic mass is 32.1. The minimum atomic E-state index is -0.213. The Labute approximate surface area is 129 Å². The molecule has 0 aromatic carbocycles. The minimum Gasteiger partial charge on any atom is -0.469 e. The van der Waals surface area contributed by atoms with Crippen molar-refractivity contribution in [2.24, 2.45) is 5.92 Å². The molecule has 0 fully saturated rings. The highest BCUT2D eigenvalue weighted by Gasteiger charge is 2.17. The van der Waals surface area contributed by atoms with Crippen LogP contribution in [0.25, 0.3) is 0 Å². The van der Waals surface area contributed by atoms with E-state index in [1.165, 1.54) is 25.4 Å². The van der Waals surface area contributed by atoms with Gasteiger partial charge in [-0.2, -0.15) is 0 Å². The van der Waals surface area contributed by atoms with Gasteiger partial charge in [-0.1, -0.05) is 6.92 Å². The monoisotopic (exact) mass is 313 g/mol. The SMILES string of the molecule is CCN(C(C)=O)c1nc(CN(C)C[C@H](C)C(=O)OC)cs1. The summed E-state index contributed by atoms with van der Waals surface area (Å²) in [6, 6.07) is 0. The van der Waals surface area contributed by atoms with Crippen LogP contribution in [0.15, 0.2) is 5.38 Å². The molecule has 0 bridgehead atoms. The summed E-state index contributed by atoms with van der Waals surface area (Å²) >= 11 is 1.46. The molecule has 1 aromatic heterocycles. The second kappa shape index (κ2) is 8.09. The van der Waals surface area contributed by atoms with E-state index in [1.807, 2.05) is 31.2 Å². The first kappa shape index (κ1) is 17.6. The second-order valence-electron chi connectivity index (χ2n) is 5.01. The summed E-state index contributed by atoms with van der Waals surface area (Å²) in [5.41, 5.74) is 0.897. The minimum absolute atomic E-state index is 0.00827. The average Bonchev–Trinajstić information content (AvgIpc) is 2.85. The van der Waals surface area contributed by atoms with E-state index >= 15 is 0 Å². The molecule has 21 heavy (non-hydrogen) atoms. The smallest absolute Gasteiger partial charge is 0.309 e. The number of nitrogens with zero attached hydrogens (tertiary/aromatic N) is 3. The van der Waals surface area contributed by atoms with Crippen LogP contribution < -0.4 is 4.90 Å². The van der Waals surface area contributed by atoms with Gasteiger partial charge in [0.15, 0.2) is 5.13 Å². The second-order valence-corrected chi connectivity index (χ2v) is 5.84. The summed E-state index contributed by atoms with van der Waals surface area (Å²) in [6.07, 6.45) is 0. The number of anilines is 1. The Morgan fingerprint density at radius 2 is 2.14 bits per heavy atom. The fraction of sp³-hybridized carbons (Fsp3) is 0.643. The number of esters is 1. The first-order valence-corrected chi connectivity index (χ1v) is 7.75. The van der Waals surface area contributed by atoms with Gasteiger partial charge in [0.1, 0.15) is 0 Å². The van der Waals surface area contributed by atoms with Crippen molar-refractivity contribution in [3.8, 4) is 0 Å². The fourth-order valence-corrected chi connectivity index (χ4v) is 2.99. The zero-order valence-electron chi connectivity index (χ0n) is 13.3. The molecule has 0 aliphatic heterocycles. The normalized spacial score (nSPS) is 12.3. The number of ether oxygens (including phenoxy) is 1. The Morgan fingerprint density at radius 3 is 2.67 bits per heavy atom. The summed E-state index contributed by atoms with van der Waals surface area (Å²) in [5, 5.41) is 2.66. The Bertz CT molecular complexity index is 490. The number of amides is 1. The number of carbonyl (C=O) groups excluding carboxylic acids is 2. The molecule has 0 saturated carbocycles. The van der Waals surface area contributed by atoms with Crippen molar-refractivity contribution in [2.45, 2.75) is 27.3 Å². The first-order valence-electron chi connectivity index (χ1n) is 6.87. The molecule has 1 heterocycles. The van der Waals surface area contributed by atoms with Gasteiger partial charge in [-0.05, 0) is 14.0 Å². The van der Waals surface area contributed by atoms with Gasteiger partial charge in [0.2, 0.25) is 5.91 Å². The highest BCUT2D eigenvalue weighted by molar-refractivity contribution is 7.14. The topological polar surface area (TPSA) is 62.7 Å². The molecular weight excluding hydrogens is 290 g/mol. The Hall–Kier alpha value is -1.47. The van der Waals surface area contributed by atoms with E-state index in [-0.39, 0.29) is 17.8 Å². The Kier molecular flexibility index (Phi) is 6.77. The maximum Gasteiger partial charge on any atom is 0.309 e. The van der Waals surface area contributed by atoms with Crippen LogP contribution in [-0.2, 0) is 20.9 Å². The molecule has 0 aliphatic carbocycles. The van der Waals surface area contributed by atoms with Gasteiger partial charge in [0.25, 0.3) is 0 Å². The molecule has 0 spiro atoms. The average molecular weight is 313 g/mol. The maximum atomic E-state index is 11.5. The third kappa shape index (κ3) is 5.09. The molecule has 0 aliphatic rings. The van der Waals surface area contributed by atoms with E-state index in [0.717, 1.165) is 10.8 Å². The van der Waals surface area contributed by atoms with Gasteiger partial charge in [-0.3, -0.25) is 19.4 Å². The lowest BCUT2D eigenvalue weighted by molar-refractivity contribution is -0.145. The molecule has 118 valence electrons. The van der Waals surface area contributed by atoms with Crippen LogP contribution >= 0.6 is 11.3 Å². The van der Waals surface area contributed by atoms with E-state index in [9.17, 15) is 9.59 Å². The maximum absolute atomic E-state index is 11.5. The Morgan fingerprint density at radius 1 is 1.48 bits per heavy atom. The van der Waals surface area contributed by atoms with Crippen molar-refractivity contribution >= 4 is 28.3 Å². The zero-order chi connectivity index (χ0) is 16.0. The summed E-state index contributed by atoms with van der Waals surface area (Å²) in [4.78, 5) is 31.0. The summed E-state index contributed by atoms with van der Waals surface area (Å²) in [5.74, 6) is -0.400. The largest absolute Gasteiger partial charge is 0.469 e. The van der Waals surface area contributed by atoms with Gasteiger partial charge in [0, 0.05) is 31.9 Å². The van der Waals surface area contributed by atoms with Crippen LogP contribution in [0, 0.1) is 5.92 Å². The van der Waals surface area contributed by atoms with Crippen LogP contribution in [0.4, 0.5) is 5.13 Å². The third-order valence-corrected chi connectivity index (χ3v) is 4.00. The molecule has 6 nitrogen and oxygen atoms in total. The molecule has 0 radical (unpaired) electrons. The van der Waals surface area contributed by atoms with Crippen molar-refractivity contribution in [3.63, 3.8) is 0 Å². The zero-order valence-corrected chi connectivity index (χ0v) is 14.1. The molecule has 7 heteroatoms. The molecule has 0 saturated heterocycles. The van der Waals surface area contributed by atoms with Crippen molar-refractivity contribution in [1.29, 1.82) is 0 Å². The lowest BCUT2D eigenvalue weighted by Crippen LogP contribution is -2.29. The molecule has 0 N–H and O–H groups in total. The van der Waals surface area contributed by atoms with Crippen molar-refractivity contribution in [3.05, 3.63) is 11.1 Å².